The standard InChI is InChI=1S/C26H25ClN4O5/c1-15-21-22(24(34)31(23(21)33)17-6-4-5-16(27)13-17)26(28-15)18-7-2-3-8-19(18)30(25(26)35)14-20(32)29-9-11-36-12-10-29/h2-8,13,15,21-22,28H,9-12,14H2,1H3/t15-,21-,22+,26+/m1/s1. The van der Waals surface area contributed by atoms with Gasteiger partial charge in [-0.3, -0.25) is 24.5 Å². The zero-order valence-electron chi connectivity index (χ0n) is 19.6. The lowest BCUT2D eigenvalue weighted by Crippen LogP contribution is -2.56. The highest BCUT2D eigenvalue weighted by atomic mass is 35.5. The lowest BCUT2D eigenvalue weighted by molar-refractivity contribution is -0.136. The fourth-order valence-electron chi connectivity index (χ4n) is 6.18. The molecule has 2 aromatic carbocycles. The predicted molar refractivity (Wildman–Crippen MR) is 131 cm³/mol. The van der Waals surface area contributed by atoms with Gasteiger partial charge in [-0.25, -0.2) is 4.90 Å². The van der Waals surface area contributed by atoms with Crippen molar-refractivity contribution >= 4 is 46.6 Å². The van der Waals surface area contributed by atoms with Gasteiger partial charge in [0.25, 0.3) is 5.91 Å². The molecule has 2 aromatic rings. The van der Waals surface area contributed by atoms with E-state index in [2.05, 4.69) is 5.32 Å². The van der Waals surface area contributed by atoms with E-state index in [0.717, 1.165) is 4.90 Å². The molecule has 4 amide bonds. The van der Waals surface area contributed by atoms with Crippen molar-refractivity contribution in [3.63, 3.8) is 0 Å². The molecule has 9 nitrogen and oxygen atoms in total. The molecule has 10 heteroatoms. The van der Waals surface area contributed by atoms with Crippen LogP contribution in [-0.4, -0.2) is 67.4 Å². The van der Waals surface area contributed by atoms with Gasteiger partial charge in [0.1, 0.15) is 12.1 Å². The van der Waals surface area contributed by atoms with Crippen LogP contribution >= 0.6 is 11.6 Å². The maximum atomic E-state index is 14.2. The maximum Gasteiger partial charge on any atom is 0.253 e. The van der Waals surface area contributed by atoms with Crippen LogP contribution in [0, 0.1) is 11.8 Å². The second-order valence-electron chi connectivity index (χ2n) is 9.64. The molecule has 0 bridgehead atoms. The van der Waals surface area contributed by atoms with Gasteiger partial charge in [0.2, 0.25) is 17.7 Å². The number of morpholine rings is 1. The van der Waals surface area contributed by atoms with Gasteiger partial charge in [-0.15, -0.1) is 0 Å². The fourth-order valence-corrected chi connectivity index (χ4v) is 6.37. The molecule has 3 fully saturated rings. The molecule has 3 saturated heterocycles. The summed E-state index contributed by atoms with van der Waals surface area (Å²) in [6, 6.07) is 13.3. The summed E-state index contributed by atoms with van der Waals surface area (Å²) < 4.78 is 5.34. The third-order valence-electron chi connectivity index (χ3n) is 7.74. The van der Waals surface area contributed by atoms with Crippen molar-refractivity contribution in [1.82, 2.24) is 10.2 Å². The molecule has 0 saturated carbocycles. The van der Waals surface area contributed by atoms with Gasteiger partial charge in [0, 0.05) is 35.4 Å². The molecule has 1 spiro atoms. The first kappa shape index (κ1) is 23.1. The number of carbonyl (C=O) groups is 4. The summed E-state index contributed by atoms with van der Waals surface area (Å²) in [7, 11) is 0. The Balaban J connectivity index is 1.40. The molecule has 4 aliphatic rings. The zero-order valence-corrected chi connectivity index (χ0v) is 20.4. The van der Waals surface area contributed by atoms with Crippen molar-refractivity contribution in [2.45, 2.75) is 18.5 Å². The van der Waals surface area contributed by atoms with Gasteiger partial charge in [0.05, 0.1) is 30.7 Å². The number of nitrogens with one attached hydrogen (secondary N) is 1. The summed E-state index contributed by atoms with van der Waals surface area (Å²) >= 11 is 6.14. The third kappa shape index (κ3) is 3.16. The van der Waals surface area contributed by atoms with Crippen LogP contribution < -0.4 is 15.1 Å². The van der Waals surface area contributed by atoms with E-state index in [0.29, 0.717) is 48.3 Å². The average Bonchev–Trinajstić information content (AvgIpc) is 3.43. The van der Waals surface area contributed by atoms with Crippen LogP contribution in [0.4, 0.5) is 11.4 Å². The van der Waals surface area contributed by atoms with E-state index < -0.39 is 35.2 Å². The fraction of sp³-hybridized carbons (Fsp3) is 0.385. The number of hydrogen-bond donors (Lipinski definition) is 1. The van der Waals surface area contributed by atoms with Crippen molar-refractivity contribution in [3.05, 3.63) is 59.1 Å². The van der Waals surface area contributed by atoms with E-state index in [-0.39, 0.29) is 18.4 Å². The van der Waals surface area contributed by atoms with Crippen LogP contribution in [0.5, 0.6) is 0 Å². The van der Waals surface area contributed by atoms with Gasteiger partial charge in [-0.05, 0) is 31.2 Å². The number of benzene rings is 2. The summed E-state index contributed by atoms with van der Waals surface area (Å²) in [6.45, 7) is 3.52. The average molecular weight is 509 g/mol. The Morgan fingerprint density at radius 1 is 1.08 bits per heavy atom. The van der Waals surface area contributed by atoms with Crippen LogP contribution in [0.3, 0.4) is 0 Å². The number of fused-ring (bicyclic) bond motifs is 4. The van der Waals surface area contributed by atoms with E-state index >= 15 is 0 Å². The summed E-state index contributed by atoms with van der Waals surface area (Å²) in [5.41, 5.74) is 0.128. The van der Waals surface area contributed by atoms with Crippen molar-refractivity contribution in [3.8, 4) is 0 Å². The summed E-state index contributed by atoms with van der Waals surface area (Å²) in [6.07, 6.45) is 0. The quantitative estimate of drug-likeness (QED) is 0.631. The highest BCUT2D eigenvalue weighted by Gasteiger charge is 2.71. The molecule has 0 aliphatic carbocycles. The topological polar surface area (TPSA) is 99.3 Å². The van der Waals surface area contributed by atoms with Crippen LogP contribution in [0.25, 0.3) is 0 Å². The molecule has 36 heavy (non-hydrogen) atoms. The molecule has 186 valence electrons. The smallest absolute Gasteiger partial charge is 0.253 e. The van der Waals surface area contributed by atoms with Gasteiger partial charge in [0.15, 0.2) is 0 Å². The second kappa shape index (κ2) is 8.40. The predicted octanol–water partition coefficient (Wildman–Crippen LogP) is 1.54. The number of hydrogen-bond acceptors (Lipinski definition) is 6. The minimum atomic E-state index is -1.44. The SMILES string of the molecule is C[C@H]1N[C@]2(C(=O)N(CC(=O)N3CCOCC3)c3ccccc32)[C@@H]2C(=O)N(c3cccc(Cl)c3)C(=O)[C@@H]21. The lowest BCUT2D eigenvalue weighted by Gasteiger charge is -2.31. The number of nitrogens with zero attached hydrogens (tertiary/aromatic N) is 3. The van der Waals surface area contributed by atoms with Gasteiger partial charge < -0.3 is 14.5 Å². The minimum absolute atomic E-state index is 0.148. The molecule has 4 heterocycles. The largest absolute Gasteiger partial charge is 0.378 e. The number of carbonyl (C=O) groups excluding carboxylic acids is 4. The summed E-state index contributed by atoms with van der Waals surface area (Å²) in [5, 5.41) is 3.74. The van der Waals surface area contributed by atoms with Gasteiger partial charge >= 0.3 is 0 Å². The minimum Gasteiger partial charge on any atom is -0.378 e. The number of imide groups is 1. The summed E-state index contributed by atoms with van der Waals surface area (Å²) in [5.74, 6) is -3.07. The molecule has 0 radical (unpaired) electrons. The highest BCUT2D eigenvalue weighted by Crippen LogP contribution is 2.55. The molecule has 0 aromatic heterocycles. The molecule has 4 atom stereocenters. The van der Waals surface area contributed by atoms with Crippen molar-refractivity contribution in [2.24, 2.45) is 11.8 Å². The Kier molecular flexibility index (Phi) is 5.40. The van der Waals surface area contributed by atoms with E-state index in [1.165, 1.54) is 4.90 Å². The monoisotopic (exact) mass is 508 g/mol. The lowest BCUT2D eigenvalue weighted by atomic mass is 9.76. The normalized spacial score (nSPS) is 29.3. The zero-order chi connectivity index (χ0) is 25.2. The Morgan fingerprint density at radius 3 is 2.58 bits per heavy atom. The Bertz CT molecular complexity index is 1290. The first-order chi connectivity index (χ1) is 17.3. The Morgan fingerprint density at radius 2 is 1.83 bits per heavy atom. The number of ether oxygens (including phenoxy) is 1. The molecule has 4 aliphatic heterocycles. The van der Waals surface area contributed by atoms with E-state index in [1.807, 2.05) is 6.92 Å². The number of anilines is 2. The second-order valence-corrected chi connectivity index (χ2v) is 10.1. The molecule has 1 N–H and O–H groups in total. The van der Waals surface area contributed by atoms with E-state index in [4.69, 9.17) is 16.3 Å². The van der Waals surface area contributed by atoms with Gasteiger partial charge in [-0.1, -0.05) is 35.9 Å². The molecular formula is C26H25ClN4O5. The number of para-hydroxylation sites is 1. The Labute approximate surface area is 212 Å². The van der Waals surface area contributed by atoms with Crippen molar-refractivity contribution in [2.75, 3.05) is 42.6 Å². The molecule has 6 rings (SSSR count). The van der Waals surface area contributed by atoms with Crippen LogP contribution in [0.15, 0.2) is 48.5 Å². The van der Waals surface area contributed by atoms with Crippen LogP contribution in [0.2, 0.25) is 5.02 Å². The van der Waals surface area contributed by atoms with Crippen molar-refractivity contribution in [1.29, 1.82) is 0 Å². The third-order valence-corrected chi connectivity index (χ3v) is 7.97. The first-order valence-electron chi connectivity index (χ1n) is 12.0. The van der Waals surface area contributed by atoms with Gasteiger partial charge in [-0.2, -0.15) is 0 Å². The van der Waals surface area contributed by atoms with Crippen molar-refractivity contribution < 1.29 is 23.9 Å². The number of amides is 4. The highest BCUT2D eigenvalue weighted by molar-refractivity contribution is 6.31. The first-order valence-corrected chi connectivity index (χ1v) is 12.4. The molecule has 0 unspecified atom stereocenters. The molecular weight excluding hydrogens is 484 g/mol. The van der Waals surface area contributed by atoms with Crippen LogP contribution in [-0.2, 0) is 29.5 Å². The Hall–Kier alpha value is -3.27. The number of rotatable bonds is 3. The van der Waals surface area contributed by atoms with E-state index in [9.17, 15) is 19.2 Å². The van der Waals surface area contributed by atoms with Crippen LogP contribution in [0.1, 0.15) is 12.5 Å². The maximum absolute atomic E-state index is 14.2. The van der Waals surface area contributed by atoms with E-state index in [1.54, 1.807) is 53.4 Å². The number of halogens is 1. The summed E-state index contributed by atoms with van der Waals surface area (Å²) in [4.78, 5) is 59.1.